The molecule has 0 saturated heterocycles. The van der Waals surface area contributed by atoms with Crippen LogP contribution >= 0.6 is 11.6 Å². The summed E-state index contributed by atoms with van der Waals surface area (Å²) in [6.45, 7) is 0. The Morgan fingerprint density at radius 1 is 1.38 bits per heavy atom. The first-order valence-corrected chi connectivity index (χ1v) is 8.07. The van der Waals surface area contributed by atoms with E-state index in [1.807, 2.05) is 6.08 Å². The van der Waals surface area contributed by atoms with E-state index in [0.29, 0.717) is 28.8 Å². The quantitative estimate of drug-likeness (QED) is 0.678. The Bertz CT molecular complexity index is 827. The van der Waals surface area contributed by atoms with Crippen molar-refractivity contribution in [2.45, 2.75) is 24.6 Å². The summed E-state index contributed by atoms with van der Waals surface area (Å²) >= 11 is 6.02. The van der Waals surface area contributed by atoms with E-state index >= 15 is 0 Å². The van der Waals surface area contributed by atoms with Gasteiger partial charge in [-0.25, -0.2) is 0 Å². The zero-order valence-corrected chi connectivity index (χ0v) is 13.9. The number of methoxy groups -OCH3 is 1. The van der Waals surface area contributed by atoms with E-state index in [0.717, 1.165) is 6.42 Å². The lowest BCUT2D eigenvalue weighted by Gasteiger charge is -2.18. The van der Waals surface area contributed by atoms with Gasteiger partial charge in [0.2, 0.25) is 0 Å². The van der Waals surface area contributed by atoms with Crippen LogP contribution in [0.4, 0.5) is 0 Å². The van der Waals surface area contributed by atoms with Crippen LogP contribution in [0.3, 0.4) is 0 Å². The summed E-state index contributed by atoms with van der Waals surface area (Å²) in [5.74, 6) is -0.896. The zero-order valence-electron chi connectivity index (χ0n) is 13.1. The summed E-state index contributed by atoms with van der Waals surface area (Å²) in [6.07, 6.45) is 4.74. The van der Waals surface area contributed by atoms with Crippen molar-refractivity contribution in [3.05, 3.63) is 36.0 Å². The highest BCUT2D eigenvalue weighted by molar-refractivity contribution is 6.21. The van der Waals surface area contributed by atoms with Gasteiger partial charge in [-0.05, 0) is 31.0 Å². The van der Waals surface area contributed by atoms with Crippen molar-refractivity contribution >= 4 is 34.4 Å². The van der Waals surface area contributed by atoms with E-state index < -0.39 is 5.97 Å². The molecule has 7 heteroatoms. The number of fused-ring (bicyclic) bond motifs is 1. The van der Waals surface area contributed by atoms with E-state index in [-0.39, 0.29) is 23.6 Å². The van der Waals surface area contributed by atoms with E-state index in [2.05, 4.69) is 5.10 Å². The van der Waals surface area contributed by atoms with Crippen LogP contribution < -0.4 is 4.74 Å². The fourth-order valence-corrected chi connectivity index (χ4v) is 3.09. The number of carboxylic acid groups (broad SMARTS) is 1. The minimum Gasteiger partial charge on any atom is -0.497 e. The molecule has 3 rings (SSSR count). The molecule has 2 unspecified atom stereocenters. The average molecular weight is 349 g/mol. The Balaban J connectivity index is 2.05. The number of halogens is 1. The van der Waals surface area contributed by atoms with Crippen molar-refractivity contribution < 1.29 is 19.4 Å². The van der Waals surface area contributed by atoms with Crippen LogP contribution in [0.5, 0.6) is 5.75 Å². The molecule has 2 atom stereocenters. The molecule has 1 aromatic heterocycles. The second-order valence-electron chi connectivity index (χ2n) is 5.74. The van der Waals surface area contributed by atoms with Crippen LogP contribution in [0.25, 0.3) is 10.9 Å². The Kier molecular flexibility index (Phi) is 4.57. The first kappa shape index (κ1) is 16.5. The second-order valence-corrected chi connectivity index (χ2v) is 6.30. The van der Waals surface area contributed by atoms with Crippen LogP contribution in [0.1, 0.15) is 23.3 Å². The molecule has 0 radical (unpaired) electrons. The Labute approximate surface area is 143 Å². The predicted molar refractivity (Wildman–Crippen MR) is 89.8 cm³/mol. The molecule has 126 valence electrons. The number of benzene rings is 1. The maximum Gasteiger partial charge on any atom is 0.309 e. The summed E-state index contributed by atoms with van der Waals surface area (Å²) in [5, 5.41) is 13.9. The van der Waals surface area contributed by atoms with Crippen LogP contribution in [0.15, 0.2) is 30.4 Å². The van der Waals surface area contributed by atoms with E-state index in [4.69, 9.17) is 21.4 Å². The highest BCUT2D eigenvalue weighted by Gasteiger charge is 2.25. The van der Waals surface area contributed by atoms with E-state index in [1.54, 1.807) is 24.3 Å². The number of carbonyl (C=O) groups is 2. The second kappa shape index (κ2) is 6.65. The van der Waals surface area contributed by atoms with Gasteiger partial charge < -0.3 is 9.84 Å². The standard InChI is InChI=1S/C17H17ClN2O4/c1-24-12-6-7-15-13(8-12)14(9-16(21)22)19-20(15)17(23)10-2-4-11(18)5-3-10/h2,4,6-8,10-11H,3,5,9H2,1H3,(H,21,22). The number of nitrogens with zero attached hydrogens (tertiary/aromatic N) is 2. The fourth-order valence-electron chi connectivity index (χ4n) is 2.88. The molecule has 1 aromatic carbocycles. The van der Waals surface area contributed by atoms with Crippen molar-refractivity contribution in [3.8, 4) is 5.75 Å². The smallest absolute Gasteiger partial charge is 0.309 e. The summed E-state index contributed by atoms with van der Waals surface area (Å²) in [7, 11) is 1.53. The molecule has 1 N–H and O–H groups in total. The number of hydrogen-bond acceptors (Lipinski definition) is 4. The number of ether oxygens (including phenoxy) is 1. The Morgan fingerprint density at radius 2 is 2.17 bits per heavy atom. The van der Waals surface area contributed by atoms with Gasteiger partial charge >= 0.3 is 5.97 Å². The maximum absolute atomic E-state index is 12.8. The van der Waals surface area contributed by atoms with Crippen molar-refractivity contribution in [3.63, 3.8) is 0 Å². The van der Waals surface area contributed by atoms with Crippen LogP contribution in [-0.4, -0.2) is 39.3 Å². The van der Waals surface area contributed by atoms with Gasteiger partial charge in [0, 0.05) is 5.39 Å². The van der Waals surface area contributed by atoms with E-state index in [1.165, 1.54) is 11.8 Å². The van der Waals surface area contributed by atoms with Gasteiger partial charge in [-0.2, -0.15) is 9.78 Å². The third-order valence-corrected chi connectivity index (χ3v) is 4.48. The van der Waals surface area contributed by atoms with Gasteiger partial charge in [0.1, 0.15) is 5.75 Å². The molecule has 24 heavy (non-hydrogen) atoms. The summed E-state index contributed by atoms with van der Waals surface area (Å²) in [5.41, 5.74) is 0.929. The molecule has 0 saturated carbocycles. The first-order chi connectivity index (χ1) is 11.5. The van der Waals surface area contributed by atoms with Gasteiger partial charge in [0.25, 0.3) is 5.91 Å². The molecule has 0 fully saturated rings. The van der Waals surface area contributed by atoms with Crippen LogP contribution in [0, 0.1) is 5.92 Å². The minimum absolute atomic E-state index is 0.0461. The van der Waals surface area contributed by atoms with Gasteiger partial charge in [-0.3, -0.25) is 9.59 Å². The summed E-state index contributed by atoms with van der Waals surface area (Å²) in [4.78, 5) is 23.9. The number of aliphatic carboxylic acids is 1. The largest absolute Gasteiger partial charge is 0.497 e. The first-order valence-electron chi connectivity index (χ1n) is 7.63. The number of hydrogen-bond donors (Lipinski definition) is 1. The molecule has 0 amide bonds. The molecule has 1 aliphatic carbocycles. The Morgan fingerprint density at radius 3 is 2.79 bits per heavy atom. The third kappa shape index (κ3) is 3.14. The number of aromatic nitrogens is 2. The molecular formula is C17H17ClN2O4. The average Bonchev–Trinajstić information content (AvgIpc) is 2.92. The lowest BCUT2D eigenvalue weighted by atomic mass is 9.95. The molecule has 2 aromatic rings. The monoisotopic (exact) mass is 348 g/mol. The molecule has 1 aliphatic rings. The predicted octanol–water partition coefficient (Wildman–Crippen LogP) is 2.89. The molecule has 0 spiro atoms. The SMILES string of the molecule is COc1ccc2c(c1)c(CC(=O)O)nn2C(=O)C1C=CC(Cl)CC1. The van der Waals surface area contributed by atoms with Gasteiger partial charge in [-0.15, -0.1) is 11.6 Å². The molecular weight excluding hydrogens is 332 g/mol. The highest BCUT2D eigenvalue weighted by Crippen LogP contribution is 2.28. The molecule has 0 bridgehead atoms. The number of carbonyl (C=O) groups excluding carboxylic acids is 1. The number of allylic oxidation sites excluding steroid dienone is 2. The van der Waals surface area contributed by atoms with Crippen molar-refractivity contribution in [2.24, 2.45) is 5.92 Å². The Hall–Kier alpha value is -2.34. The van der Waals surface area contributed by atoms with Crippen LogP contribution in [0.2, 0.25) is 0 Å². The highest BCUT2D eigenvalue weighted by atomic mass is 35.5. The van der Waals surface area contributed by atoms with Crippen molar-refractivity contribution in [2.75, 3.05) is 7.11 Å². The normalized spacial score (nSPS) is 20.2. The summed E-state index contributed by atoms with van der Waals surface area (Å²) < 4.78 is 6.49. The third-order valence-electron chi connectivity index (χ3n) is 4.11. The number of rotatable bonds is 4. The maximum atomic E-state index is 12.8. The van der Waals surface area contributed by atoms with Crippen molar-refractivity contribution in [1.82, 2.24) is 9.78 Å². The molecule has 0 aliphatic heterocycles. The lowest BCUT2D eigenvalue weighted by molar-refractivity contribution is -0.136. The van der Waals surface area contributed by atoms with E-state index in [9.17, 15) is 9.59 Å². The van der Waals surface area contributed by atoms with Crippen molar-refractivity contribution in [1.29, 1.82) is 0 Å². The lowest BCUT2D eigenvalue weighted by Crippen LogP contribution is -2.24. The van der Waals surface area contributed by atoms with Gasteiger partial charge in [-0.1, -0.05) is 12.2 Å². The topological polar surface area (TPSA) is 81.4 Å². The van der Waals surface area contributed by atoms with Gasteiger partial charge in [0.05, 0.1) is 36.0 Å². The number of carboxylic acids is 1. The fraction of sp³-hybridized carbons (Fsp3) is 0.353. The van der Waals surface area contributed by atoms with Crippen LogP contribution in [-0.2, 0) is 11.2 Å². The van der Waals surface area contributed by atoms with Gasteiger partial charge in [0.15, 0.2) is 0 Å². The number of alkyl halides is 1. The minimum atomic E-state index is -1.00. The zero-order chi connectivity index (χ0) is 17.3. The molecule has 1 heterocycles. The molecule has 6 nitrogen and oxygen atoms in total. The summed E-state index contributed by atoms with van der Waals surface area (Å²) in [6, 6.07) is 5.15.